The fourth-order valence-electron chi connectivity index (χ4n) is 1.19. The number of pyridine rings is 1. The molecule has 0 aliphatic carbocycles. The topological polar surface area (TPSA) is 57.2 Å². The highest BCUT2D eigenvalue weighted by molar-refractivity contribution is 6.37. The van der Waals surface area contributed by atoms with E-state index in [1.165, 1.54) is 6.07 Å². The first-order valence-corrected chi connectivity index (χ1v) is 6.09. The number of aliphatic hydroxyl groups is 1. The van der Waals surface area contributed by atoms with E-state index in [9.17, 15) is 13.2 Å². The number of anilines is 2. The van der Waals surface area contributed by atoms with Crippen LogP contribution in [0.25, 0.3) is 0 Å². The third kappa shape index (κ3) is 4.59. The highest BCUT2D eigenvalue weighted by atomic mass is 35.5. The lowest BCUT2D eigenvalue weighted by Gasteiger charge is -2.16. The Morgan fingerprint density at radius 3 is 2.26 bits per heavy atom. The Bertz CT molecular complexity index is 443. The van der Waals surface area contributed by atoms with Gasteiger partial charge >= 0.3 is 6.18 Å². The number of aliphatic hydroxyl groups excluding tert-OH is 1. The van der Waals surface area contributed by atoms with Crippen LogP contribution in [0.3, 0.4) is 0 Å². The average molecular weight is 318 g/mol. The van der Waals surface area contributed by atoms with Crippen LogP contribution in [0.2, 0.25) is 10.0 Å². The SMILES string of the molecule is CCNc1nc(NCC(O)C(F)(F)F)c(Cl)cc1Cl. The second kappa shape index (κ2) is 6.49. The number of nitrogens with one attached hydrogen (secondary N) is 2. The molecule has 0 saturated heterocycles. The summed E-state index contributed by atoms with van der Waals surface area (Å²) in [5.74, 6) is 0.322. The summed E-state index contributed by atoms with van der Waals surface area (Å²) in [5.41, 5.74) is 0. The van der Waals surface area contributed by atoms with Crippen LogP contribution < -0.4 is 10.6 Å². The molecule has 0 aromatic carbocycles. The lowest BCUT2D eigenvalue weighted by molar-refractivity contribution is -0.198. The van der Waals surface area contributed by atoms with E-state index in [-0.39, 0.29) is 15.9 Å². The molecular weight excluding hydrogens is 306 g/mol. The van der Waals surface area contributed by atoms with Gasteiger partial charge in [-0.25, -0.2) is 4.98 Å². The molecule has 9 heteroatoms. The maximum Gasteiger partial charge on any atom is 0.416 e. The number of alkyl halides is 3. The minimum atomic E-state index is -4.70. The molecule has 0 fully saturated rings. The van der Waals surface area contributed by atoms with Crippen LogP contribution in [0.5, 0.6) is 0 Å². The van der Waals surface area contributed by atoms with E-state index < -0.39 is 18.8 Å². The molecule has 19 heavy (non-hydrogen) atoms. The van der Waals surface area contributed by atoms with Gasteiger partial charge in [0, 0.05) is 6.54 Å². The van der Waals surface area contributed by atoms with Crippen molar-refractivity contribution in [2.75, 3.05) is 23.7 Å². The Morgan fingerprint density at radius 1 is 1.26 bits per heavy atom. The van der Waals surface area contributed by atoms with Crippen molar-refractivity contribution in [2.45, 2.75) is 19.2 Å². The van der Waals surface area contributed by atoms with Crippen molar-refractivity contribution in [3.8, 4) is 0 Å². The predicted molar refractivity (Wildman–Crippen MR) is 69.0 cm³/mol. The Hall–Kier alpha value is -0.920. The fraction of sp³-hybridized carbons (Fsp3) is 0.500. The average Bonchev–Trinajstić information content (AvgIpc) is 2.29. The zero-order valence-electron chi connectivity index (χ0n) is 9.85. The molecule has 0 spiro atoms. The van der Waals surface area contributed by atoms with E-state index in [0.717, 1.165) is 0 Å². The quantitative estimate of drug-likeness (QED) is 0.781. The summed E-state index contributed by atoms with van der Waals surface area (Å²) in [4.78, 5) is 3.95. The summed E-state index contributed by atoms with van der Waals surface area (Å²) in [5, 5.41) is 14.4. The standard InChI is InChI=1S/C10H12Cl2F3N3O/c1-2-16-8-5(11)3-6(12)9(18-8)17-4-7(19)10(13,14)15/h3,7,19H,2,4H2,1H3,(H2,16,17,18). The minimum absolute atomic E-state index is 0.0188. The third-order valence-electron chi connectivity index (χ3n) is 2.11. The number of nitrogens with zero attached hydrogens (tertiary/aromatic N) is 1. The molecule has 0 aliphatic heterocycles. The summed E-state index contributed by atoms with van der Waals surface area (Å²) < 4.78 is 36.4. The molecule has 3 N–H and O–H groups in total. The second-order valence-corrected chi connectivity index (χ2v) is 4.43. The van der Waals surface area contributed by atoms with Gasteiger partial charge in [0.05, 0.1) is 16.6 Å². The molecule has 0 radical (unpaired) electrons. The Labute approximate surface area is 117 Å². The molecule has 1 aromatic rings. The van der Waals surface area contributed by atoms with Gasteiger partial charge in [0.25, 0.3) is 0 Å². The summed E-state index contributed by atoms with van der Waals surface area (Å²) in [6.45, 7) is 1.61. The number of hydrogen-bond acceptors (Lipinski definition) is 4. The third-order valence-corrected chi connectivity index (χ3v) is 2.69. The maximum absolute atomic E-state index is 12.1. The summed E-state index contributed by atoms with van der Waals surface area (Å²) in [6.07, 6.45) is -7.19. The first-order valence-electron chi connectivity index (χ1n) is 5.34. The van der Waals surface area contributed by atoms with E-state index in [1.54, 1.807) is 0 Å². The molecular formula is C10H12Cl2F3N3O. The van der Waals surface area contributed by atoms with Crippen molar-refractivity contribution < 1.29 is 18.3 Å². The normalized spacial score (nSPS) is 13.2. The first-order chi connectivity index (χ1) is 8.75. The molecule has 1 heterocycles. The van der Waals surface area contributed by atoms with Gasteiger partial charge in [-0.2, -0.15) is 13.2 Å². The van der Waals surface area contributed by atoms with Crippen molar-refractivity contribution >= 4 is 34.8 Å². The maximum atomic E-state index is 12.1. The van der Waals surface area contributed by atoms with Crippen molar-refractivity contribution in [2.24, 2.45) is 0 Å². The van der Waals surface area contributed by atoms with Crippen LogP contribution in [0, 0.1) is 0 Å². The van der Waals surface area contributed by atoms with E-state index >= 15 is 0 Å². The van der Waals surface area contributed by atoms with E-state index in [0.29, 0.717) is 12.4 Å². The molecule has 0 aliphatic rings. The number of rotatable bonds is 5. The smallest absolute Gasteiger partial charge is 0.382 e. The predicted octanol–water partition coefficient (Wildman–Crippen LogP) is 3.16. The Balaban J connectivity index is 2.81. The summed E-state index contributed by atoms with van der Waals surface area (Å²) in [7, 11) is 0. The molecule has 108 valence electrons. The van der Waals surface area contributed by atoms with Gasteiger partial charge in [-0.15, -0.1) is 0 Å². The van der Waals surface area contributed by atoms with Gasteiger partial charge in [-0.3, -0.25) is 0 Å². The molecule has 0 amide bonds. The lowest BCUT2D eigenvalue weighted by Crippen LogP contribution is -2.35. The number of aromatic nitrogens is 1. The number of hydrogen-bond donors (Lipinski definition) is 3. The Kier molecular flexibility index (Phi) is 5.51. The zero-order valence-corrected chi connectivity index (χ0v) is 11.4. The van der Waals surface area contributed by atoms with E-state index in [1.807, 2.05) is 6.92 Å². The van der Waals surface area contributed by atoms with Gasteiger partial charge in [-0.05, 0) is 13.0 Å². The van der Waals surface area contributed by atoms with E-state index in [2.05, 4.69) is 15.6 Å². The monoisotopic (exact) mass is 317 g/mol. The molecule has 1 aromatic heterocycles. The molecule has 1 atom stereocenters. The fourth-order valence-corrected chi connectivity index (χ4v) is 1.68. The van der Waals surface area contributed by atoms with Crippen LogP contribution in [0.4, 0.5) is 24.8 Å². The lowest BCUT2D eigenvalue weighted by atomic mass is 10.3. The minimum Gasteiger partial charge on any atom is -0.382 e. The van der Waals surface area contributed by atoms with Crippen LogP contribution in [0.1, 0.15) is 6.92 Å². The zero-order chi connectivity index (χ0) is 14.6. The van der Waals surface area contributed by atoms with Crippen molar-refractivity contribution in [1.82, 2.24) is 4.98 Å². The van der Waals surface area contributed by atoms with Gasteiger partial charge < -0.3 is 15.7 Å². The van der Waals surface area contributed by atoms with Gasteiger partial charge in [0.15, 0.2) is 6.10 Å². The van der Waals surface area contributed by atoms with Crippen molar-refractivity contribution in [1.29, 1.82) is 0 Å². The van der Waals surface area contributed by atoms with Crippen LogP contribution in [-0.4, -0.2) is 35.5 Å². The van der Waals surface area contributed by atoms with Crippen LogP contribution in [0.15, 0.2) is 6.07 Å². The van der Waals surface area contributed by atoms with Gasteiger partial charge in [0.1, 0.15) is 11.6 Å². The molecule has 0 bridgehead atoms. The van der Waals surface area contributed by atoms with Crippen molar-refractivity contribution in [3.05, 3.63) is 16.1 Å². The van der Waals surface area contributed by atoms with Gasteiger partial charge in [-0.1, -0.05) is 23.2 Å². The highest BCUT2D eigenvalue weighted by Gasteiger charge is 2.38. The molecule has 1 unspecified atom stereocenters. The van der Waals surface area contributed by atoms with Crippen LogP contribution in [-0.2, 0) is 0 Å². The largest absolute Gasteiger partial charge is 0.416 e. The summed E-state index contributed by atoms with van der Waals surface area (Å²) in [6, 6.07) is 1.36. The number of halogens is 5. The summed E-state index contributed by atoms with van der Waals surface area (Å²) >= 11 is 11.6. The second-order valence-electron chi connectivity index (χ2n) is 3.62. The Morgan fingerprint density at radius 2 is 1.79 bits per heavy atom. The molecule has 4 nitrogen and oxygen atoms in total. The van der Waals surface area contributed by atoms with Crippen molar-refractivity contribution in [3.63, 3.8) is 0 Å². The van der Waals surface area contributed by atoms with Crippen LogP contribution >= 0.6 is 23.2 Å². The van der Waals surface area contributed by atoms with Gasteiger partial charge in [0.2, 0.25) is 0 Å². The van der Waals surface area contributed by atoms with E-state index in [4.69, 9.17) is 28.3 Å². The molecule has 1 rings (SSSR count). The molecule has 0 saturated carbocycles. The highest BCUT2D eigenvalue weighted by Crippen LogP contribution is 2.29. The first kappa shape index (κ1) is 16.1.